The van der Waals surface area contributed by atoms with Crippen LogP contribution in [0, 0.1) is 5.82 Å². The van der Waals surface area contributed by atoms with Gasteiger partial charge in [-0.25, -0.2) is 9.37 Å². The molecule has 0 fully saturated rings. The molecule has 0 saturated heterocycles. The number of carbonyl (C=O) groups is 1. The zero-order valence-electron chi connectivity index (χ0n) is 16.1. The van der Waals surface area contributed by atoms with Crippen molar-refractivity contribution in [2.45, 2.75) is 6.18 Å². The van der Waals surface area contributed by atoms with Crippen molar-refractivity contribution in [1.29, 1.82) is 0 Å². The average molecular weight is 442 g/mol. The molecule has 0 bridgehead atoms. The molecule has 2 aromatic carbocycles. The smallest absolute Gasteiger partial charge is 0.355 e. The number of alkyl halides is 3. The van der Waals surface area contributed by atoms with E-state index in [-0.39, 0.29) is 11.2 Å². The Balaban J connectivity index is 1.52. The Morgan fingerprint density at radius 1 is 0.938 bits per heavy atom. The minimum Gasteiger partial charge on any atom is -0.355 e. The Bertz CT molecular complexity index is 1370. The molecule has 0 atom stereocenters. The Hall–Kier alpha value is -4.21. The van der Waals surface area contributed by atoms with Gasteiger partial charge in [0.2, 0.25) is 5.56 Å². The van der Waals surface area contributed by atoms with Crippen LogP contribution in [-0.4, -0.2) is 15.9 Å². The van der Waals surface area contributed by atoms with Gasteiger partial charge in [-0.05, 0) is 48.5 Å². The summed E-state index contributed by atoms with van der Waals surface area (Å²) in [6.07, 6.45) is -3.38. The maximum Gasteiger partial charge on any atom is 0.419 e. The summed E-state index contributed by atoms with van der Waals surface area (Å²) in [6, 6.07) is 13.5. The first kappa shape index (κ1) is 21.0. The second kappa shape index (κ2) is 8.14. The maximum absolute atomic E-state index is 14.2. The van der Waals surface area contributed by atoms with Crippen molar-refractivity contribution >= 4 is 34.0 Å². The van der Waals surface area contributed by atoms with E-state index in [1.54, 1.807) is 24.3 Å². The number of carbonyl (C=O) groups excluding carboxylic acids is 1. The van der Waals surface area contributed by atoms with Gasteiger partial charge in [-0.2, -0.15) is 13.2 Å². The van der Waals surface area contributed by atoms with E-state index in [0.717, 1.165) is 12.1 Å². The van der Waals surface area contributed by atoms with Crippen LogP contribution in [0.4, 0.5) is 34.6 Å². The van der Waals surface area contributed by atoms with Crippen LogP contribution in [0.2, 0.25) is 0 Å². The fourth-order valence-corrected chi connectivity index (χ4v) is 3.09. The summed E-state index contributed by atoms with van der Waals surface area (Å²) in [4.78, 5) is 30.5. The van der Waals surface area contributed by atoms with Gasteiger partial charge in [0.1, 0.15) is 11.5 Å². The summed E-state index contributed by atoms with van der Waals surface area (Å²) >= 11 is 0. The first-order valence-corrected chi connectivity index (χ1v) is 9.24. The molecule has 3 N–H and O–H groups in total. The predicted molar refractivity (Wildman–Crippen MR) is 111 cm³/mol. The summed E-state index contributed by atoms with van der Waals surface area (Å²) in [7, 11) is 0. The third-order valence-electron chi connectivity index (χ3n) is 4.60. The number of pyridine rings is 2. The Labute approximate surface area is 177 Å². The third-order valence-corrected chi connectivity index (χ3v) is 4.60. The summed E-state index contributed by atoms with van der Waals surface area (Å²) in [6.45, 7) is 0. The van der Waals surface area contributed by atoms with E-state index in [4.69, 9.17) is 0 Å². The molecule has 2 aromatic heterocycles. The molecule has 2 heterocycles. The lowest BCUT2D eigenvalue weighted by Crippen LogP contribution is -2.17. The van der Waals surface area contributed by atoms with Gasteiger partial charge in [0.25, 0.3) is 5.91 Å². The number of amides is 1. The van der Waals surface area contributed by atoms with Gasteiger partial charge >= 0.3 is 6.18 Å². The van der Waals surface area contributed by atoms with Crippen molar-refractivity contribution in [1.82, 2.24) is 9.97 Å². The zero-order valence-corrected chi connectivity index (χ0v) is 16.1. The van der Waals surface area contributed by atoms with E-state index >= 15 is 0 Å². The minimum absolute atomic E-state index is 0.265. The number of hydrogen-bond acceptors (Lipinski definition) is 4. The number of aromatic nitrogens is 2. The van der Waals surface area contributed by atoms with E-state index in [2.05, 4.69) is 20.6 Å². The average Bonchev–Trinajstić information content (AvgIpc) is 2.74. The highest BCUT2D eigenvalue weighted by Crippen LogP contribution is 2.32. The second-order valence-corrected chi connectivity index (χ2v) is 6.76. The molecular weight excluding hydrogens is 428 g/mol. The maximum atomic E-state index is 14.2. The fraction of sp³-hybridized carbons (Fsp3) is 0.0455. The Morgan fingerprint density at radius 2 is 1.66 bits per heavy atom. The normalized spacial score (nSPS) is 11.4. The van der Waals surface area contributed by atoms with Gasteiger partial charge in [-0.1, -0.05) is 6.07 Å². The number of aromatic amines is 1. The molecular formula is C22H14F4N4O2. The van der Waals surface area contributed by atoms with Crippen LogP contribution >= 0.6 is 0 Å². The van der Waals surface area contributed by atoms with Crippen LogP contribution in [-0.2, 0) is 6.18 Å². The van der Waals surface area contributed by atoms with Crippen LogP contribution in [0.5, 0.6) is 0 Å². The second-order valence-electron chi connectivity index (χ2n) is 6.76. The lowest BCUT2D eigenvalue weighted by Gasteiger charge is -2.12. The summed E-state index contributed by atoms with van der Waals surface area (Å²) in [5.74, 6) is -2.63. The van der Waals surface area contributed by atoms with Crippen LogP contribution in [0.25, 0.3) is 11.0 Å². The van der Waals surface area contributed by atoms with Gasteiger partial charge in [0, 0.05) is 29.0 Å². The van der Waals surface area contributed by atoms with Gasteiger partial charge in [0.05, 0.1) is 16.8 Å². The van der Waals surface area contributed by atoms with E-state index in [9.17, 15) is 27.2 Å². The SMILES string of the molecule is O=C(Nc1ccc(Nc2ccnc3[nH]c(=O)ccc23)cc1)c1cccc(C(F)(F)F)c1F. The molecule has 0 aliphatic heterocycles. The molecule has 32 heavy (non-hydrogen) atoms. The van der Waals surface area contributed by atoms with Crippen LogP contribution in [0.15, 0.2) is 71.7 Å². The van der Waals surface area contributed by atoms with Crippen molar-refractivity contribution in [3.8, 4) is 0 Å². The number of hydrogen-bond donors (Lipinski definition) is 3. The number of H-pyrrole nitrogens is 1. The predicted octanol–water partition coefficient (Wildman–Crippen LogP) is 5.08. The number of anilines is 3. The highest BCUT2D eigenvalue weighted by molar-refractivity contribution is 6.04. The van der Waals surface area contributed by atoms with E-state index < -0.39 is 29.0 Å². The summed E-state index contributed by atoms with van der Waals surface area (Å²) in [5, 5.41) is 6.22. The zero-order chi connectivity index (χ0) is 22.9. The molecule has 0 aliphatic carbocycles. The summed E-state index contributed by atoms with van der Waals surface area (Å²) in [5.41, 5.74) is -0.508. The van der Waals surface area contributed by atoms with Crippen molar-refractivity contribution in [3.63, 3.8) is 0 Å². The Morgan fingerprint density at radius 3 is 2.38 bits per heavy atom. The lowest BCUT2D eigenvalue weighted by atomic mass is 10.1. The van der Waals surface area contributed by atoms with E-state index in [1.165, 1.54) is 24.4 Å². The number of rotatable bonds is 4. The van der Waals surface area contributed by atoms with Crippen molar-refractivity contribution in [3.05, 3.63) is 94.2 Å². The number of halogens is 4. The number of nitrogens with one attached hydrogen (secondary N) is 3. The highest BCUT2D eigenvalue weighted by Gasteiger charge is 2.35. The highest BCUT2D eigenvalue weighted by atomic mass is 19.4. The monoisotopic (exact) mass is 442 g/mol. The van der Waals surface area contributed by atoms with Crippen molar-refractivity contribution < 1.29 is 22.4 Å². The molecule has 0 radical (unpaired) electrons. The third kappa shape index (κ3) is 4.29. The molecule has 10 heteroatoms. The van der Waals surface area contributed by atoms with Crippen LogP contribution in [0.1, 0.15) is 15.9 Å². The quantitative estimate of drug-likeness (QED) is 0.385. The van der Waals surface area contributed by atoms with Crippen molar-refractivity contribution in [2.24, 2.45) is 0 Å². The molecule has 0 aliphatic rings. The Kier molecular flexibility index (Phi) is 5.35. The molecule has 1 amide bonds. The fourth-order valence-electron chi connectivity index (χ4n) is 3.09. The molecule has 162 valence electrons. The number of benzene rings is 2. The van der Waals surface area contributed by atoms with E-state index in [0.29, 0.717) is 28.5 Å². The number of nitrogens with zero attached hydrogens (tertiary/aromatic N) is 1. The van der Waals surface area contributed by atoms with Gasteiger partial charge in [0.15, 0.2) is 0 Å². The van der Waals surface area contributed by atoms with Gasteiger partial charge < -0.3 is 15.6 Å². The topological polar surface area (TPSA) is 86.9 Å². The largest absolute Gasteiger partial charge is 0.419 e. The van der Waals surface area contributed by atoms with Crippen molar-refractivity contribution in [2.75, 3.05) is 10.6 Å². The van der Waals surface area contributed by atoms with Crippen LogP contribution < -0.4 is 16.2 Å². The van der Waals surface area contributed by atoms with Gasteiger partial charge in [-0.3, -0.25) is 9.59 Å². The minimum atomic E-state index is -4.90. The molecule has 4 rings (SSSR count). The molecule has 6 nitrogen and oxygen atoms in total. The lowest BCUT2D eigenvalue weighted by molar-refractivity contribution is -0.140. The molecule has 4 aromatic rings. The molecule has 0 unspecified atom stereocenters. The van der Waals surface area contributed by atoms with Gasteiger partial charge in [-0.15, -0.1) is 0 Å². The van der Waals surface area contributed by atoms with E-state index in [1.807, 2.05) is 0 Å². The van der Waals surface area contributed by atoms with Crippen LogP contribution in [0.3, 0.4) is 0 Å². The first-order valence-electron chi connectivity index (χ1n) is 9.24. The molecule has 0 spiro atoms. The standard InChI is InChI=1S/C22H14F4N4O2/c23-19-15(2-1-3-16(19)22(24,25)26)21(32)29-13-6-4-12(5-7-13)28-17-10-11-27-20-14(17)8-9-18(31)30-20/h1-11H,(H,29,32)(H2,27,28,30,31). The summed E-state index contributed by atoms with van der Waals surface area (Å²) < 4.78 is 52.7. The number of fused-ring (bicyclic) bond motifs is 1. The molecule has 0 saturated carbocycles. The first-order chi connectivity index (χ1) is 15.2.